The Labute approximate surface area is 225 Å². The predicted octanol–water partition coefficient (Wildman–Crippen LogP) is 3.66. The molecule has 0 aliphatic carbocycles. The fourth-order valence-electron chi connectivity index (χ4n) is 4.32. The third kappa shape index (κ3) is 5.02. The van der Waals surface area contributed by atoms with Crippen LogP contribution >= 0.6 is 22.9 Å². The molecule has 0 spiro atoms. The second-order valence-electron chi connectivity index (χ2n) is 8.77. The summed E-state index contributed by atoms with van der Waals surface area (Å²) in [5.74, 6) is -1.75. The number of anilines is 1. The number of aryl methyl sites for hydroxylation is 2. The van der Waals surface area contributed by atoms with Crippen LogP contribution in [0.15, 0.2) is 24.3 Å². The van der Waals surface area contributed by atoms with Gasteiger partial charge in [0.15, 0.2) is 17.5 Å². The number of benzene rings is 1. The van der Waals surface area contributed by atoms with Crippen LogP contribution in [0.3, 0.4) is 0 Å². The lowest BCUT2D eigenvalue weighted by molar-refractivity contribution is -0.135. The number of carbonyl (C=O) groups excluding carboxylic acids is 1. The number of carbonyl (C=O) groups is 1. The van der Waals surface area contributed by atoms with Gasteiger partial charge in [0.2, 0.25) is 15.0 Å². The van der Waals surface area contributed by atoms with Crippen molar-refractivity contribution in [1.29, 1.82) is 0 Å². The number of amides is 1. The molecule has 5 rings (SSSR count). The van der Waals surface area contributed by atoms with Crippen molar-refractivity contribution in [3.63, 3.8) is 0 Å². The van der Waals surface area contributed by atoms with Gasteiger partial charge in [0.05, 0.1) is 17.6 Å². The Bertz CT molecular complexity index is 1690. The van der Waals surface area contributed by atoms with Gasteiger partial charge in [-0.25, -0.2) is 31.7 Å². The number of halogens is 3. The van der Waals surface area contributed by atoms with E-state index in [1.54, 1.807) is 11.4 Å². The minimum absolute atomic E-state index is 0.0139. The van der Waals surface area contributed by atoms with E-state index in [-0.39, 0.29) is 34.4 Å². The summed E-state index contributed by atoms with van der Waals surface area (Å²) in [5.41, 5.74) is 1.26. The Morgan fingerprint density at radius 3 is 2.71 bits per heavy atom. The molecule has 4 aromatic rings. The van der Waals surface area contributed by atoms with Crippen molar-refractivity contribution in [1.82, 2.24) is 24.5 Å². The lowest BCUT2D eigenvalue weighted by Crippen LogP contribution is -2.43. The molecule has 1 aromatic carbocycles. The van der Waals surface area contributed by atoms with E-state index in [2.05, 4.69) is 19.8 Å². The number of nitrogens with one attached hydrogen (secondary N) is 1. The molecule has 38 heavy (non-hydrogen) atoms. The Hall–Kier alpha value is -3.36. The van der Waals surface area contributed by atoms with E-state index in [1.165, 1.54) is 35.3 Å². The number of imidazole rings is 1. The molecule has 0 saturated heterocycles. The molecule has 0 bridgehead atoms. The van der Waals surface area contributed by atoms with Crippen LogP contribution in [0.4, 0.5) is 14.6 Å². The average molecular weight is 583 g/mol. The van der Waals surface area contributed by atoms with Gasteiger partial charge in [-0.2, -0.15) is 5.10 Å². The predicted molar refractivity (Wildman–Crippen MR) is 137 cm³/mol. The number of nitrogens with zero attached hydrogens (tertiary/aromatic N) is 5. The van der Waals surface area contributed by atoms with Crippen molar-refractivity contribution in [2.75, 3.05) is 24.1 Å². The van der Waals surface area contributed by atoms with E-state index in [1.807, 2.05) is 0 Å². The quantitative estimate of drug-likeness (QED) is 0.345. The van der Waals surface area contributed by atoms with Gasteiger partial charge in [0.25, 0.3) is 5.91 Å². The molecule has 1 aliphatic heterocycles. The molecular formula is C23H21ClF2N6O4S2. The fraction of sp³-hybridized carbons (Fsp3) is 0.304. The molecule has 1 aliphatic rings. The minimum atomic E-state index is -3.56. The van der Waals surface area contributed by atoms with Crippen LogP contribution in [-0.4, -0.2) is 58.2 Å². The van der Waals surface area contributed by atoms with Crippen molar-refractivity contribution in [3.05, 3.63) is 68.6 Å². The van der Waals surface area contributed by atoms with Crippen molar-refractivity contribution >= 4 is 49.6 Å². The molecule has 4 heterocycles. The molecular weight excluding hydrogens is 562 g/mol. The first-order chi connectivity index (χ1) is 17.9. The molecule has 3 aromatic heterocycles. The Morgan fingerprint density at radius 2 is 2.00 bits per heavy atom. The largest absolute Gasteiger partial charge is 0.481 e. The highest BCUT2D eigenvalue weighted by Crippen LogP contribution is 2.38. The van der Waals surface area contributed by atoms with Gasteiger partial charge < -0.3 is 9.64 Å². The lowest BCUT2D eigenvalue weighted by Gasteiger charge is -2.35. The number of sulfonamides is 1. The van der Waals surface area contributed by atoms with Crippen LogP contribution in [0, 0.1) is 25.5 Å². The molecule has 0 radical (unpaired) electrons. The molecule has 200 valence electrons. The zero-order valence-electron chi connectivity index (χ0n) is 20.3. The van der Waals surface area contributed by atoms with Crippen molar-refractivity contribution < 1.29 is 26.7 Å². The smallest absolute Gasteiger partial charge is 0.261 e. The third-order valence-corrected chi connectivity index (χ3v) is 7.60. The van der Waals surface area contributed by atoms with Crippen molar-refractivity contribution in [2.24, 2.45) is 0 Å². The third-order valence-electron chi connectivity index (χ3n) is 5.92. The normalized spacial score (nSPS) is 15.5. The van der Waals surface area contributed by atoms with E-state index in [0.29, 0.717) is 22.8 Å². The number of aromatic nitrogens is 4. The zero-order valence-corrected chi connectivity index (χ0v) is 22.7. The number of rotatable bonds is 6. The summed E-state index contributed by atoms with van der Waals surface area (Å²) >= 11 is 7.48. The molecule has 1 unspecified atom stereocenters. The number of hydrogen-bond acceptors (Lipinski definition) is 8. The summed E-state index contributed by atoms with van der Waals surface area (Å²) in [7, 11) is -3.56. The second kappa shape index (κ2) is 9.75. The van der Waals surface area contributed by atoms with E-state index < -0.39 is 40.2 Å². The maximum atomic E-state index is 15.3. The highest BCUT2D eigenvalue weighted by molar-refractivity contribution is 7.92. The van der Waals surface area contributed by atoms with E-state index >= 15 is 4.39 Å². The average Bonchev–Trinajstić information content (AvgIpc) is 3.35. The summed E-state index contributed by atoms with van der Waals surface area (Å²) in [4.78, 5) is 24.0. The molecule has 1 amide bonds. The molecule has 15 heteroatoms. The van der Waals surface area contributed by atoms with Crippen LogP contribution in [0.2, 0.25) is 5.15 Å². The SMILES string of the molecule is Cc1nn2c3c(nc2s1)CCN(C(=O)COc1ccc(NS(C)(=O)=O)nc1Cl)C3c1cc(F)c(C)cc1F. The van der Waals surface area contributed by atoms with Gasteiger partial charge in [-0.15, -0.1) is 0 Å². The van der Waals surface area contributed by atoms with Crippen molar-refractivity contribution in [3.8, 4) is 5.75 Å². The van der Waals surface area contributed by atoms with Crippen molar-refractivity contribution in [2.45, 2.75) is 26.3 Å². The van der Waals surface area contributed by atoms with Gasteiger partial charge in [-0.1, -0.05) is 22.9 Å². The lowest BCUT2D eigenvalue weighted by atomic mass is 9.94. The topological polar surface area (TPSA) is 119 Å². The summed E-state index contributed by atoms with van der Waals surface area (Å²) in [6.45, 7) is 2.96. The highest BCUT2D eigenvalue weighted by atomic mass is 35.5. The fourth-order valence-corrected chi connectivity index (χ4v) is 5.79. The van der Waals surface area contributed by atoms with Crippen LogP contribution in [0.1, 0.15) is 33.6 Å². The Balaban J connectivity index is 1.47. The zero-order chi connectivity index (χ0) is 27.4. The Morgan fingerprint density at radius 1 is 1.24 bits per heavy atom. The maximum Gasteiger partial charge on any atom is 0.261 e. The maximum absolute atomic E-state index is 15.3. The van der Waals surface area contributed by atoms with Crippen LogP contribution in [-0.2, 0) is 21.2 Å². The van der Waals surface area contributed by atoms with Crippen LogP contribution < -0.4 is 9.46 Å². The van der Waals surface area contributed by atoms with Gasteiger partial charge in [-0.3, -0.25) is 9.52 Å². The highest BCUT2D eigenvalue weighted by Gasteiger charge is 2.38. The van der Waals surface area contributed by atoms with Gasteiger partial charge in [0.1, 0.15) is 28.5 Å². The first-order valence-electron chi connectivity index (χ1n) is 11.3. The van der Waals surface area contributed by atoms with E-state index in [0.717, 1.165) is 23.4 Å². The molecule has 10 nitrogen and oxygen atoms in total. The number of hydrogen-bond donors (Lipinski definition) is 1. The minimum Gasteiger partial charge on any atom is -0.481 e. The summed E-state index contributed by atoms with van der Waals surface area (Å²) in [6.07, 6.45) is 1.35. The summed E-state index contributed by atoms with van der Waals surface area (Å²) < 4.78 is 62.1. The monoisotopic (exact) mass is 582 g/mol. The van der Waals surface area contributed by atoms with Gasteiger partial charge in [0, 0.05) is 18.5 Å². The first-order valence-corrected chi connectivity index (χ1v) is 14.4. The van der Waals surface area contributed by atoms with Crippen LogP contribution in [0.5, 0.6) is 5.75 Å². The number of ether oxygens (including phenoxy) is 1. The van der Waals surface area contributed by atoms with Gasteiger partial charge >= 0.3 is 0 Å². The number of pyridine rings is 1. The Kier molecular flexibility index (Phi) is 6.73. The summed E-state index contributed by atoms with van der Waals surface area (Å²) in [5, 5.41) is 5.05. The molecule has 1 N–H and O–H groups in total. The first kappa shape index (κ1) is 26.3. The summed E-state index contributed by atoms with van der Waals surface area (Å²) in [6, 6.07) is 3.89. The van der Waals surface area contributed by atoms with Crippen LogP contribution in [0.25, 0.3) is 4.96 Å². The standard InChI is InChI=1S/C23H21ClF2N6O4S2/c1-11-8-15(26)13(9-14(11)25)20-21-16(27-23-32(21)29-12(2)37-23)6-7-31(20)19(33)10-36-17-4-5-18(28-22(17)24)30-38(3,34)35/h4-5,8-9,20H,6-7,10H2,1-3H3,(H,28,30). The second-order valence-corrected chi connectivity index (χ2v) is 12.0. The van der Waals surface area contributed by atoms with E-state index in [4.69, 9.17) is 16.3 Å². The van der Waals surface area contributed by atoms with E-state index in [9.17, 15) is 17.6 Å². The molecule has 0 fully saturated rings. The molecule has 1 atom stereocenters. The van der Waals surface area contributed by atoms with Gasteiger partial charge in [-0.05, 0) is 43.7 Å². The molecule has 0 saturated carbocycles. The number of fused-ring (bicyclic) bond motifs is 3.